The summed E-state index contributed by atoms with van der Waals surface area (Å²) in [6, 6.07) is 2.66. The lowest BCUT2D eigenvalue weighted by Gasteiger charge is -2.04. The van der Waals surface area contributed by atoms with Gasteiger partial charge in [0.1, 0.15) is 0 Å². The molecule has 1 saturated carbocycles. The number of nitro groups is 1. The molecule has 0 aliphatic heterocycles. The number of hydrogen-bond donors (Lipinski definition) is 1. The van der Waals surface area contributed by atoms with E-state index in [2.05, 4.69) is 4.98 Å². The Hall–Kier alpha value is -2.18. The molecule has 7 heteroatoms. The fourth-order valence-electron chi connectivity index (χ4n) is 1.16. The first-order valence-electron chi connectivity index (χ1n) is 4.70. The number of amides is 1. The van der Waals surface area contributed by atoms with Gasteiger partial charge in [0, 0.05) is 0 Å². The molecule has 16 heavy (non-hydrogen) atoms. The Balaban J connectivity index is 2.35. The first-order valence-corrected chi connectivity index (χ1v) is 4.70. The van der Waals surface area contributed by atoms with Crippen LogP contribution in [0, 0.1) is 10.1 Å². The molecule has 2 rings (SSSR count). The van der Waals surface area contributed by atoms with Crippen molar-refractivity contribution in [2.75, 3.05) is 0 Å². The zero-order chi connectivity index (χ0) is 11.7. The highest BCUT2D eigenvalue weighted by molar-refractivity contribution is 5.91. The minimum Gasteiger partial charge on any atom is -0.482 e. The van der Waals surface area contributed by atoms with E-state index in [1.807, 2.05) is 0 Å². The van der Waals surface area contributed by atoms with Crippen LogP contribution in [0.1, 0.15) is 23.3 Å². The summed E-state index contributed by atoms with van der Waals surface area (Å²) in [6.07, 6.45) is 1.80. The molecule has 1 fully saturated rings. The summed E-state index contributed by atoms with van der Waals surface area (Å²) < 4.78 is 5.30. The number of nitrogens with two attached hydrogens (primary N) is 1. The van der Waals surface area contributed by atoms with Crippen molar-refractivity contribution in [2.45, 2.75) is 18.9 Å². The SMILES string of the molecule is NC(=O)c1ccc(OC2CC2)c([N+](=O)[O-])n1. The zero-order valence-corrected chi connectivity index (χ0v) is 8.25. The molecule has 1 aromatic heterocycles. The van der Waals surface area contributed by atoms with Gasteiger partial charge in [-0.2, -0.15) is 0 Å². The molecule has 84 valence electrons. The highest BCUT2D eigenvalue weighted by Crippen LogP contribution is 2.32. The van der Waals surface area contributed by atoms with Gasteiger partial charge in [-0.1, -0.05) is 0 Å². The normalized spacial score (nSPS) is 14.5. The summed E-state index contributed by atoms with van der Waals surface area (Å²) in [6.45, 7) is 0. The molecule has 1 amide bonds. The topological polar surface area (TPSA) is 108 Å². The zero-order valence-electron chi connectivity index (χ0n) is 8.25. The monoisotopic (exact) mass is 223 g/mol. The van der Waals surface area contributed by atoms with Gasteiger partial charge in [-0.3, -0.25) is 4.79 Å². The maximum atomic E-state index is 10.8. The van der Waals surface area contributed by atoms with E-state index >= 15 is 0 Å². The number of aromatic nitrogens is 1. The molecule has 7 nitrogen and oxygen atoms in total. The molecule has 0 aromatic carbocycles. The van der Waals surface area contributed by atoms with E-state index < -0.39 is 16.6 Å². The van der Waals surface area contributed by atoms with Gasteiger partial charge in [0.05, 0.1) is 6.10 Å². The fraction of sp³-hybridized carbons (Fsp3) is 0.333. The van der Waals surface area contributed by atoms with Crippen LogP contribution in [-0.4, -0.2) is 21.9 Å². The number of carbonyl (C=O) groups excluding carboxylic acids is 1. The van der Waals surface area contributed by atoms with E-state index in [4.69, 9.17) is 10.5 Å². The average Bonchev–Trinajstić information content (AvgIpc) is 3.01. The van der Waals surface area contributed by atoms with Crippen LogP contribution in [0.25, 0.3) is 0 Å². The molecule has 0 unspecified atom stereocenters. The lowest BCUT2D eigenvalue weighted by atomic mass is 10.3. The van der Waals surface area contributed by atoms with Gasteiger partial charge < -0.3 is 20.6 Å². The van der Waals surface area contributed by atoms with E-state index in [-0.39, 0.29) is 17.5 Å². The van der Waals surface area contributed by atoms with E-state index in [0.717, 1.165) is 12.8 Å². The van der Waals surface area contributed by atoms with Gasteiger partial charge in [0.15, 0.2) is 0 Å². The number of hydrogen-bond acceptors (Lipinski definition) is 5. The highest BCUT2D eigenvalue weighted by Gasteiger charge is 2.29. The minimum absolute atomic E-state index is 0.0277. The van der Waals surface area contributed by atoms with Crippen LogP contribution >= 0.6 is 0 Å². The lowest BCUT2D eigenvalue weighted by molar-refractivity contribution is -0.390. The third kappa shape index (κ3) is 2.08. The third-order valence-electron chi connectivity index (χ3n) is 2.08. The second-order valence-electron chi connectivity index (χ2n) is 3.46. The Morgan fingerprint density at radius 1 is 1.56 bits per heavy atom. The van der Waals surface area contributed by atoms with Gasteiger partial charge in [0.2, 0.25) is 11.4 Å². The maximum Gasteiger partial charge on any atom is 0.406 e. The van der Waals surface area contributed by atoms with Gasteiger partial charge in [-0.15, -0.1) is 0 Å². The summed E-state index contributed by atoms with van der Waals surface area (Å²) in [5.41, 5.74) is 4.84. The van der Waals surface area contributed by atoms with Crippen molar-refractivity contribution < 1.29 is 14.5 Å². The van der Waals surface area contributed by atoms with Crippen molar-refractivity contribution in [2.24, 2.45) is 5.73 Å². The van der Waals surface area contributed by atoms with Crippen LogP contribution in [-0.2, 0) is 0 Å². The van der Waals surface area contributed by atoms with Crippen molar-refractivity contribution in [3.05, 3.63) is 27.9 Å². The Morgan fingerprint density at radius 3 is 2.75 bits per heavy atom. The van der Waals surface area contributed by atoms with E-state index in [1.54, 1.807) is 0 Å². The Kier molecular flexibility index (Phi) is 2.43. The summed E-state index contributed by atoms with van der Waals surface area (Å²) >= 11 is 0. The molecule has 0 saturated heterocycles. The standard InChI is InChI=1S/C9H9N3O4/c10-8(13)6-3-4-7(16-5-1-2-5)9(11-6)12(14)15/h3-5H,1-2H2,(H2,10,13). The second-order valence-corrected chi connectivity index (χ2v) is 3.46. The molecular formula is C9H9N3O4. The Morgan fingerprint density at radius 2 is 2.25 bits per heavy atom. The van der Waals surface area contributed by atoms with Crippen molar-refractivity contribution >= 4 is 11.7 Å². The first-order chi connectivity index (χ1) is 7.58. The molecule has 2 N–H and O–H groups in total. The molecule has 0 radical (unpaired) electrons. The van der Waals surface area contributed by atoms with E-state index in [1.165, 1.54) is 12.1 Å². The maximum absolute atomic E-state index is 10.8. The number of nitrogens with zero attached hydrogens (tertiary/aromatic N) is 2. The second kappa shape index (κ2) is 3.76. The smallest absolute Gasteiger partial charge is 0.406 e. The summed E-state index contributed by atoms with van der Waals surface area (Å²) in [5, 5.41) is 10.7. The van der Waals surface area contributed by atoms with Crippen molar-refractivity contribution in [3.8, 4) is 5.75 Å². The first kappa shape index (κ1) is 10.3. The number of rotatable bonds is 4. The summed E-state index contributed by atoms with van der Waals surface area (Å²) in [4.78, 5) is 24.4. The van der Waals surface area contributed by atoms with Crippen molar-refractivity contribution in [1.82, 2.24) is 4.98 Å². The molecule has 1 aromatic rings. The number of pyridine rings is 1. The summed E-state index contributed by atoms with van der Waals surface area (Å²) in [5.74, 6) is -1.19. The molecule has 1 aliphatic rings. The predicted octanol–water partition coefficient (Wildman–Crippen LogP) is 0.630. The van der Waals surface area contributed by atoms with Crippen LogP contribution in [0.15, 0.2) is 12.1 Å². The van der Waals surface area contributed by atoms with E-state index in [9.17, 15) is 14.9 Å². The molecule has 1 heterocycles. The average molecular weight is 223 g/mol. The lowest BCUT2D eigenvalue weighted by Crippen LogP contribution is -2.14. The Bertz CT molecular complexity index is 456. The molecule has 1 aliphatic carbocycles. The molecule has 0 atom stereocenters. The fourth-order valence-corrected chi connectivity index (χ4v) is 1.16. The van der Waals surface area contributed by atoms with Gasteiger partial charge in [0.25, 0.3) is 5.91 Å². The van der Waals surface area contributed by atoms with Gasteiger partial charge in [-0.25, -0.2) is 0 Å². The predicted molar refractivity (Wildman–Crippen MR) is 53.1 cm³/mol. The molecule has 0 spiro atoms. The van der Waals surface area contributed by atoms with Crippen LogP contribution in [0.4, 0.5) is 5.82 Å². The van der Waals surface area contributed by atoms with E-state index in [0.29, 0.717) is 0 Å². The molecule has 0 bridgehead atoms. The van der Waals surface area contributed by atoms with Crippen LogP contribution in [0.5, 0.6) is 5.75 Å². The highest BCUT2D eigenvalue weighted by atomic mass is 16.6. The van der Waals surface area contributed by atoms with Crippen molar-refractivity contribution in [3.63, 3.8) is 0 Å². The minimum atomic E-state index is -0.805. The summed E-state index contributed by atoms with van der Waals surface area (Å²) in [7, 11) is 0. The number of carbonyl (C=O) groups is 1. The van der Waals surface area contributed by atoms with Gasteiger partial charge >= 0.3 is 5.82 Å². The number of primary amides is 1. The van der Waals surface area contributed by atoms with Crippen LogP contribution in [0.2, 0.25) is 0 Å². The Labute approximate surface area is 90.4 Å². The van der Waals surface area contributed by atoms with Crippen LogP contribution in [0.3, 0.4) is 0 Å². The number of ether oxygens (including phenoxy) is 1. The molecular weight excluding hydrogens is 214 g/mol. The van der Waals surface area contributed by atoms with Crippen molar-refractivity contribution in [1.29, 1.82) is 0 Å². The largest absolute Gasteiger partial charge is 0.482 e. The van der Waals surface area contributed by atoms with Gasteiger partial charge in [-0.05, 0) is 34.9 Å². The third-order valence-corrected chi connectivity index (χ3v) is 2.08. The quantitative estimate of drug-likeness (QED) is 0.594. The van der Waals surface area contributed by atoms with Crippen LogP contribution < -0.4 is 10.5 Å².